The Morgan fingerprint density at radius 3 is 2.69 bits per heavy atom. The van der Waals surface area contributed by atoms with Crippen molar-refractivity contribution in [3.8, 4) is 11.5 Å². The second-order valence-corrected chi connectivity index (χ2v) is 6.27. The number of halogens is 1. The van der Waals surface area contributed by atoms with Crippen molar-refractivity contribution in [2.45, 2.75) is 26.3 Å². The Bertz CT molecular complexity index is 750. The van der Waals surface area contributed by atoms with E-state index in [1.54, 1.807) is 13.2 Å². The standard InChI is InChI=1S/C20H26ClN3O2/c1-4-22-20(24-14(2)16-9-5-6-10-17(16)21)23-13-12-15-8-7-11-18(26-3)19(15)25/h5-11,14,25H,4,12-13H2,1-3H3,(H2,22,23,24). The average Bonchev–Trinajstić information content (AvgIpc) is 2.63. The molecule has 0 aliphatic heterocycles. The lowest BCUT2D eigenvalue weighted by atomic mass is 10.1. The summed E-state index contributed by atoms with van der Waals surface area (Å²) in [7, 11) is 1.54. The second kappa shape index (κ2) is 9.92. The molecule has 26 heavy (non-hydrogen) atoms. The first-order chi connectivity index (χ1) is 12.6. The first-order valence-electron chi connectivity index (χ1n) is 8.71. The van der Waals surface area contributed by atoms with Crippen molar-refractivity contribution in [3.63, 3.8) is 0 Å². The first kappa shape index (κ1) is 19.9. The fourth-order valence-corrected chi connectivity index (χ4v) is 2.95. The Labute approximate surface area is 160 Å². The van der Waals surface area contributed by atoms with Crippen molar-refractivity contribution >= 4 is 17.6 Å². The van der Waals surface area contributed by atoms with Crippen LogP contribution in [0.1, 0.15) is 31.0 Å². The van der Waals surface area contributed by atoms with E-state index in [4.69, 9.17) is 16.3 Å². The van der Waals surface area contributed by atoms with Gasteiger partial charge in [0.15, 0.2) is 17.5 Å². The highest BCUT2D eigenvalue weighted by Crippen LogP contribution is 2.29. The summed E-state index contributed by atoms with van der Waals surface area (Å²) in [6.45, 7) is 5.35. The van der Waals surface area contributed by atoms with Gasteiger partial charge in [-0.1, -0.05) is 41.9 Å². The number of phenolic OH excluding ortho intramolecular Hbond substituents is 1. The van der Waals surface area contributed by atoms with Crippen molar-refractivity contribution in [1.29, 1.82) is 0 Å². The van der Waals surface area contributed by atoms with Gasteiger partial charge in [-0.05, 0) is 43.5 Å². The van der Waals surface area contributed by atoms with Crippen molar-refractivity contribution in [2.75, 3.05) is 20.2 Å². The molecule has 0 bridgehead atoms. The van der Waals surface area contributed by atoms with E-state index in [2.05, 4.69) is 15.6 Å². The molecule has 0 spiro atoms. The summed E-state index contributed by atoms with van der Waals surface area (Å²) in [5, 5.41) is 17.5. The quantitative estimate of drug-likeness (QED) is 0.507. The SMILES string of the molecule is CCNC(=NCCc1cccc(OC)c1O)NC(C)c1ccccc1Cl. The number of nitrogens with one attached hydrogen (secondary N) is 2. The molecule has 1 unspecified atom stereocenters. The van der Waals surface area contributed by atoms with Crippen LogP contribution in [0.3, 0.4) is 0 Å². The van der Waals surface area contributed by atoms with Crippen LogP contribution >= 0.6 is 11.6 Å². The van der Waals surface area contributed by atoms with E-state index in [-0.39, 0.29) is 11.8 Å². The Hall–Kier alpha value is -2.40. The van der Waals surface area contributed by atoms with Crippen molar-refractivity contribution < 1.29 is 9.84 Å². The molecule has 5 nitrogen and oxygen atoms in total. The summed E-state index contributed by atoms with van der Waals surface area (Å²) in [6, 6.07) is 13.3. The van der Waals surface area contributed by atoms with Gasteiger partial charge in [-0.2, -0.15) is 0 Å². The highest BCUT2D eigenvalue weighted by atomic mass is 35.5. The topological polar surface area (TPSA) is 65.9 Å². The van der Waals surface area contributed by atoms with Crippen LogP contribution in [0.5, 0.6) is 11.5 Å². The van der Waals surface area contributed by atoms with Crippen LogP contribution in [0.25, 0.3) is 0 Å². The number of methoxy groups -OCH3 is 1. The zero-order valence-corrected chi connectivity index (χ0v) is 16.2. The van der Waals surface area contributed by atoms with Crippen LogP contribution in [-0.2, 0) is 6.42 Å². The number of hydrogen-bond acceptors (Lipinski definition) is 3. The largest absolute Gasteiger partial charge is 0.504 e. The van der Waals surface area contributed by atoms with Gasteiger partial charge in [0.2, 0.25) is 0 Å². The van der Waals surface area contributed by atoms with Gasteiger partial charge in [0.1, 0.15) is 0 Å². The number of rotatable bonds is 7. The van der Waals surface area contributed by atoms with E-state index in [0.29, 0.717) is 24.7 Å². The van der Waals surface area contributed by atoms with Gasteiger partial charge in [0.25, 0.3) is 0 Å². The van der Waals surface area contributed by atoms with Gasteiger partial charge in [-0.15, -0.1) is 0 Å². The molecule has 0 aliphatic carbocycles. The summed E-state index contributed by atoms with van der Waals surface area (Å²) in [5.74, 6) is 1.36. The summed E-state index contributed by atoms with van der Waals surface area (Å²) in [4.78, 5) is 4.60. The molecule has 3 N–H and O–H groups in total. The summed E-state index contributed by atoms with van der Waals surface area (Å²) >= 11 is 6.27. The number of ether oxygens (including phenoxy) is 1. The van der Waals surface area contributed by atoms with Gasteiger partial charge >= 0.3 is 0 Å². The van der Waals surface area contributed by atoms with Crippen LogP contribution in [0.15, 0.2) is 47.5 Å². The molecule has 0 radical (unpaired) electrons. The van der Waals surface area contributed by atoms with Gasteiger partial charge in [0.05, 0.1) is 13.2 Å². The molecule has 1 atom stereocenters. The normalized spacial score (nSPS) is 12.5. The number of para-hydroxylation sites is 1. The molecule has 140 valence electrons. The fraction of sp³-hybridized carbons (Fsp3) is 0.350. The fourth-order valence-electron chi connectivity index (χ4n) is 2.65. The minimum atomic E-state index is 0.0201. The molecule has 2 aromatic carbocycles. The van der Waals surface area contributed by atoms with Crippen molar-refractivity contribution in [3.05, 3.63) is 58.6 Å². The van der Waals surface area contributed by atoms with Crippen molar-refractivity contribution in [1.82, 2.24) is 10.6 Å². The zero-order valence-electron chi connectivity index (χ0n) is 15.4. The van der Waals surface area contributed by atoms with Gasteiger partial charge in [-0.3, -0.25) is 4.99 Å². The predicted molar refractivity (Wildman–Crippen MR) is 107 cm³/mol. The molecular weight excluding hydrogens is 350 g/mol. The van der Waals surface area contributed by atoms with Gasteiger partial charge < -0.3 is 20.5 Å². The molecule has 0 aliphatic rings. The van der Waals surface area contributed by atoms with Crippen molar-refractivity contribution in [2.24, 2.45) is 4.99 Å². The van der Waals surface area contributed by atoms with E-state index in [9.17, 15) is 5.11 Å². The highest BCUT2D eigenvalue weighted by molar-refractivity contribution is 6.31. The maximum atomic E-state index is 10.2. The Morgan fingerprint density at radius 1 is 1.23 bits per heavy atom. The molecular formula is C20H26ClN3O2. The van der Waals surface area contributed by atoms with Crippen LogP contribution in [0.2, 0.25) is 5.02 Å². The zero-order chi connectivity index (χ0) is 18.9. The smallest absolute Gasteiger partial charge is 0.191 e. The first-order valence-corrected chi connectivity index (χ1v) is 9.08. The lowest BCUT2D eigenvalue weighted by Crippen LogP contribution is -2.39. The minimum Gasteiger partial charge on any atom is -0.504 e. The molecule has 0 saturated heterocycles. The Kier molecular flexibility index (Phi) is 7.60. The van der Waals surface area contributed by atoms with Crippen LogP contribution in [0.4, 0.5) is 0 Å². The second-order valence-electron chi connectivity index (χ2n) is 5.87. The maximum absolute atomic E-state index is 10.2. The molecule has 2 aromatic rings. The molecule has 0 saturated carbocycles. The van der Waals surface area contributed by atoms with Gasteiger partial charge in [-0.25, -0.2) is 0 Å². The monoisotopic (exact) mass is 375 g/mol. The lowest BCUT2D eigenvalue weighted by Gasteiger charge is -2.19. The number of guanidine groups is 1. The average molecular weight is 376 g/mol. The number of aliphatic imine (C=N–C) groups is 1. The van der Waals surface area contributed by atoms with Crippen LogP contribution in [-0.4, -0.2) is 31.3 Å². The molecule has 2 rings (SSSR count). The molecule has 0 fully saturated rings. The maximum Gasteiger partial charge on any atom is 0.191 e. The third-order valence-electron chi connectivity index (χ3n) is 4.02. The van der Waals surface area contributed by atoms with Gasteiger partial charge in [0, 0.05) is 18.1 Å². The number of nitrogens with zero attached hydrogens (tertiary/aromatic N) is 1. The summed E-state index contributed by atoms with van der Waals surface area (Å²) in [5.41, 5.74) is 1.83. The van der Waals surface area contributed by atoms with Crippen LogP contribution < -0.4 is 15.4 Å². The van der Waals surface area contributed by atoms with E-state index < -0.39 is 0 Å². The number of benzene rings is 2. The third kappa shape index (κ3) is 5.30. The number of aromatic hydroxyl groups is 1. The highest BCUT2D eigenvalue weighted by Gasteiger charge is 2.11. The van der Waals surface area contributed by atoms with Crippen LogP contribution in [0, 0.1) is 0 Å². The number of phenols is 1. The third-order valence-corrected chi connectivity index (χ3v) is 4.37. The molecule has 0 amide bonds. The van der Waals surface area contributed by atoms with E-state index >= 15 is 0 Å². The molecule has 6 heteroatoms. The minimum absolute atomic E-state index is 0.0201. The number of hydrogen-bond donors (Lipinski definition) is 3. The van der Waals surface area contributed by atoms with E-state index in [0.717, 1.165) is 22.7 Å². The molecule has 0 aromatic heterocycles. The van der Waals surface area contributed by atoms with E-state index in [1.165, 1.54) is 0 Å². The predicted octanol–water partition coefficient (Wildman–Crippen LogP) is 3.91. The Morgan fingerprint density at radius 2 is 2.00 bits per heavy atom. The van der Waals surface area contributed by atoms with E-state index in [1.807, 2.05) is 50.2 Å². The summed E-state index contributed by atoms with van der Waals surface area (Å²) < 4.78 is 5.14. The molecule has 0 heterocycles. The Balaban J connectivity index is 2.04. The lowest BCUT2D eigenvalue weighted by molar-refractivity contribution is 0.370. The summed E-state index contributed by atoms with van der Waals surface area (Å²) in [6.07, 6.45) is 0.611.